The summed E-state index contributed by atoms with van der Waals surface area (Å²) in [6.07, 6.45) is 1.45. The van der Waals surface area contributed by atoms with Gasteiger partial charge in [0.1, 0.15) is 5.69 Å². The highest BCUT2D eigenvalue weighted by Gasteiger charge is 2.04. The van der Waals surface area contributed by atoms with Gasteiger partial charge < -0.3 is 0 Å². The summed E-state index contributed by atoms with van der Waals surface area (Å²) in [6, 6.07) is 4.98. The first-order chi connectivity index (χ1) is 5.77. The highest BCUT2D eigenvalue weighted by atomic mass is 79.9. The summed E-state index contributed by atoms with van der Waals surface area (Å²) in [6.45, 7) is 0. The van der Waals surface area contributed by atoms with Crippen LogP contribution in [0.4, 0.5) is 0 Å². The average Bonchev–Trinajstić information content (AvgIpc) is 2.17. The van der Waals surface area contributed by atoms with Crippen LogP contribution in [0.15, 0.2) is 18.3 Å². The molecule has 13 heavy (non-hydrogen) atoms. The maximum Gasteiger partial charge on any atom is 0.191 e. The van der Waals surface area contributed by atoms with E-state index < -0.39 is 0 Å². The lowest BCUT2D eigenvalue weighted by atomic mass is 10.2. The summed E-state index contributed by atoms with van der Waals surface area (Å²) in [5.41, 5.74) is 0.778. The molecule has 0 bridgehead atoms. The fraction of sp³-hybridized carbons (Fsp3) is 0.125. The number of hydrogen-bond donors (Lipinski definition) is 0. The maximum absolute atomic E-state index is 11.1. The molecule has 0 aliphatic rings. The fourth-order valence-corrected chi connectivity index (χ4v) is 1.01. The third kappa shape index (κ3) is 3.25. The Bertz CT molecular complexity index is 346. The molecule has 0 atom stereocenters. The average molecular weight is 306 g/mol. The summed E-state index contributed by atoms with van der Waals surface area (Å²) in [7, 11) is 0. The van der Waals surface area contributed by atoms with E-state index in [1.54, 1.807) is 6.07 Å². The minimum atomic E-state index is -0.118. The largest absolute Gasteiger partial charge is 0.291 e. The number of carbonyl (C=O) groups excluding carboxylic acids is 1. The van der Waals surface area contributed by atoms with E-state index in [1.165, 1.54) is 12.3 Å². The topological polar surface area (TPSA) is 53.8 Å². The number of Topliss-reactive ketones (excluding diaryl/α,β-unsaturated/α-hetero) is 1. The van der Waals surface area contributed by atoms with E-state index in [1.807, 2.05) is 6.07 Å². The number of carbonyl (C=O) groups is 1. The van der Waals surface area contributed by atoms with Crippen molar-refractivity contribution in [3.05, 3.63) is 29.6 Å². The first-order valence-electron chi connectivity index (χ1n) is 3.23. The molecule has 0 saturated heterocycles. The number of hydrogen-bond acceptors (Lipinski definition) is 3. The highest BCUT2D eigenvalue weighted by molar-refractivity contribution is 9.09. The van der Waals surface area contributed by atoms with Crippen molar-refractivity contribution in [1.82, 2.24) is 4.98 Å². The third-order valence-electron chi connectivity index (χ3n) is 1.30. The zero-order valence-electron chi connectivity index (χ0n) is 6.53. The van der Waals surface area contributed by atoms with Crippen LogP contribution >= 0.6 is 32.9 Å². The molecular weight excluding hydrogens is 300 g/mol. The zero-order valence-corrected chi connectivity index (χ0v) is 9.83. The van der Waals surface area contributed by atoms with E-state index in [0.29, 0.717) is 11.3 Å². The van der Waals surface area contributed by atoms with Gasteiger partial charge >= 0.3 is 0 Å². The minimum Gasteiger partial charge on any atom is -0.291 e. The molecule has 0 N–H and O–H groups in total. The van der Waals surface area contributed by atoms with Gasteiger partial charge in [-0.3, -0.25) is 9.78 Å². The van der Waals surface area contributed by atoms with Crippen LogP contribution in [0.1, 0.15) is 16.1 Å². The second kappa shape index (κ2) is 5.84. The van der Waals surface area contributed by atoms with Crippen LogP contribution in [0.25, 0.3) is 0 Å². The Balaban J connectivity index is 0.00000144. The van der Waals surface area contributed by atoms with Gasteiger partial charge in [-0.15, -0.1) is 17.0 Å². The van der Waals surface area contributed by atoms with Gasteiger partial charge in [-0.25, -0.2) is 0 Å². The lowest BCUT2D eigenvalue weighted by Gasteiger charge is -1.94. The van der Waals surface area contributed by atoms with Gasteiger partial charge in [-0.2, -0.15) is 5.26 Å². The highest BCUT2D eigenvalue weighted by Crippen LogP contribution is 2.02. The van der Waals surface area contributed by atoms with Crippen LogP contribution in [0, 0.1) is 11.3 Å². The van der Waals surface area contributed by atoms with E-state index >= 15 is 0 Å². The molecule has 0 amide bonds. The van der Waals surface area contributed by atoms with E-state index in [-0.39, 0.29) is 28.1 Å². The smallest absolute Gasteiger partial charge is 0.191 e. The van der Waals surface area contributed by atoms with E-state index in [0.717, 1.165) is 0 Å². The molecule has 1 rings (SSSR count). The van der Waals surface area contributed by atoms with Crippen molar-refractivity contribution in [2.75, 3.05) is 5.33 Å². The predicted molar refractivity (Wildman–Crippen MR) is 57.4 cm³/mol. The molecule has 0 aliphatic heterocycles. The number of aromatic nitrogens is 1. The van der Waals surface area contributed by atoms with Crippen molar-refractivity contribution >= 4 is 38.7 Å². The molecular formula is C8H6Br2N2O. The molecule has 68 valence electrons. The lowest BCUT2D eigenvalue weighted by Crippen LogP contribution is -2.02. The van der Waals surface area contributed by atoms with Gasteiger partial charge in [0, 0.05) is 6.20 Å². The lowest BCUT2D eigenvalue weighted by molar-refractivity contribution is 0.101. The standard InChI is InChI=1S/C8H5BrN2O.BrH/c9-4-8(12)7-3-6(5-10)1-2-11-7;/h1-3H,4H2;1H. The Hall–Kier alpha value is -0.730. The Morgan fingerprint density at radius 2 is 2.38 bits per heavy atom. The van der Waals surface area contributed by atoms with Gasteiger partial charge in [-0.05, 0) is 12.1 Å². The molecule has 3 nitrogen and oxygen atoms in total. The number of ketones is 1. The van der Waals surface area contributed by atoms with Crippen molar-refractivity contribution in [3.8, 4) is 6.07 Å². The Morgan fingerprint density at radius 1 is 1.69 bits per heavy atom. The summed E-state index contributed by atoms with van der Waals surface area (Å²) in [5.74, 6) is -0.118. The van der Waals surface area contributed by atoms with Crippen LogP contribution in [0.2, 0.25) is 0 Å². The fourth-order valence-electron chi connectivity index (χ4n) is 0.721. The van der Waals surface area contributed by atoms with Crippen molar-refractivity contribution in [2.45, 2.75) is 0 Å². The van der Waals surface area contributed by atoms with Gasteiger partial charge in [0.2, 0.25) is 0 Å². The van der Waals surface area contributed by atoms with Gasteiger partial charge in [0.15, 0.2) is 5.78 Å². The number of halogens is 2. The molecule has 0 saturated carbocycles. The van der Waals surface area contributed by atoms with Crippen LogP contribution < -0.4 is 0 Å². The van der Waals surface area contributed by atoms with E-state index in [4.69, 9.17) is 5.26 Å². The summed E-state index contributed by atoms with van der Waals surface area (Å²) in [4.78, 5) is 14.9. The van der Waals surface area contributed by atoms with Crippen molar-refractivity contribution < 1.29 is 4.79 Å². The van der Waals surface area contributed by atoms with E-state index in [2.05, 4.69) is 20.9 Å². The summed E-state index contributed by atoms with van der Waals surface area (Å²) >= 11 is 3.03. The molecule has 0 aromatic carbocycles. The number of nitriles is 1. The zero-order chi connectivity index (χ0) is 8.97. The molecule has 1 heterocycles. The second-order valence-electron chi connectivity index (χ2n) is 2.10. The first-order valence-corrected chi connectivity index (χ1v) is 4.35. The second-order valence-corrected chi connectivity index (χ2v) is 2.66. The SMILES string of the molecule is Br.N#Cc1ccnc(C(=O)CBr)c1. The molecule has 0 spiro atoms. The molecule has 0 radical (unpaired) electrons. The molecule has 0 aliphatic carbocycles. The molecule has 5 heteroatoms. The number of alkyl halides is 1. The van der Waals surface area contributed by atoms with E-state index in [9.17, 15) is 4.79 Å². The van der Waals surface area contributed by atoms with Crippen molar-refractivity contribution in [3.63, 3.8) is 0 Å². The maximum atomic E-state index is 11.1. The first kappa shape index (κ1) is 12.3. The van der Waals surface area contributed by atoms with Crippen LogP contribution in [0.5, 0.6) is 0 Å². The quantitative estimate of drug-likeness (QED) is 0.621. The van der Waals surface area contributed by atoms with Crippen molar-refractivity contribution in [2.24, 2.45) is 0 Å². The predicted octanol–water partition coefficient (Wildman–Crippen LogP) is 2.11. The normalized spacial score (nSPS) is 8.31. The molecule has 0 fully saturated rings. The Kier molecular flexibility index (Phi) is 5.51. The molecule has 1 aromatic heterocycles. The van der Waals surface area contributed by atoms with Crippen molar-refractivity contribution in [1.29, 1.82) is 5.26 Å². The van der Waals surface area contributed by atoms with Crippen LogP contribution in [-0.2, 0) is 0 Å². The Labute approximate surface area is 94.7 Å². The number of rotatable bonds is 2. The molecule has 0 unspecified atom stereocenters. The third-order valence-corrected chi connectivity index (χ3v) is 1.81. The minimum absolute atomic E-state index is 0. The summed E-state index contributed by atoms with van der Waals surface area (Å²) < 4.78 is 0. The number of nitrogens with zero attached hydrogens (tertiary/aromatic N) is 2. The molecule has 1 aromatic rings. The van der Waals surface area contributed by atoms with Crippen LogP contribution in [-0.4, -0.2) is 16.1 Å². The summed E-state index contributed by atoms with van der Waals surface area (Å²) in [5, 5.41) is 8.75. The van der Waals surface area contributed by atoms with Gasteiger partial charge in [0.05, 0.1) is 17.0 Å². The van der Waals surface area contributed by atoms with Gasteiger partial charge in [0.25, 0.3) is 0 Å². The monoisotopic (exact) mass is 304 g/mol. The van der Waals surface area contributed by atoms with Crippen LogP contribution in [0.3, 0.4) is 0 Å². The number of pyridine rings is 1. The Morgan fingerprint density at radius 3 is 2.92 bits per heavy atom. The van der Waals surface area contributed by atoms with Gasteiger partial charge in [-0.1, -0.05) is 15.9 Å².